The summed E-state index contributed by atoms with van der Waals surface area (Å²) in [7, 11) is 4.29. The molecular formula is C27H37ClN4O2. The fraction of sp³-hybridized carbons (Fsp3) is 0.519. The lowest BCUT2D eigenvalue weighted by Gasteiger charge is -2.45. The highest BCUT2D eigenvalue weighted by Gasteiger charge is 2.37. The van der Waals surface area contributed by atoms with E-state index >= 15 is 0 Å². The molecule has 0 saturated heterocycles. The zero-order chi connectivity index (χ0) is 24.6. The Labute approximate surface area is 208 Å². The Morgan fingerprint density at radius 1 is 1.03 bits per heavy atom. The van der Waals surface area contributed by atoms with Crippen molar-refractivity contribution >= 4 is 23.4 Å². The molecule has 3 rings (SSSR count). The SMILES string of the molecule is CCN(Cc1ccncc1)C(=O)CCC(=O)NC1CCC(Cc2ccc(Cl)cc2)(N(C)C)CC1. The Morgan fingerprint density at radius 2 is 1.68 bits per heavy atom. The average molecular weight is 485 g/mol. The number of nitrogens with zero attached hydrogens (tertiary/aromatic N) is 3. The van der Waals surface area contributed by atoms with Crippen molar-refractivity contribution in [3.8, 4) is 0 Å². The maximum Gasteiger partial charge on any atom is 0.223 e. The Kier molecular flexibility index (Phi) is 9.48. The van der Waals surface area contributed by atoms with Crippen molar-refractivity contribution < 1.29 is 9.59 Å². The van der Waals surface area contributed by atoms with Crippen LogP contribution < -0.4 is 5.32 Å². The van der Waals surface area contributed by atoms with Crippen molar-refractivity contribution in [1.29, 1.82) is 0 Å². The predicted octanol–water partition coefficient (Wildman–Crippen LogP) is 4.47. The van der Waals surface area contributed by atoms with Crippen LogP contribution in [0.1, 0.15) is 56.6 Å². The fourth-order valence-electron chi connectivity index (χ4n) is 4.83. The van der Waals surface area contributed by atoms with Gasteiger partial charge in [0, 0.05) is 54.9 Å². The molecule has 1 fully saturated rings. The molecule has 6 nitrogen and oxygen atoms in total. The second-order valence-corrected chi connectivity index (χ2v) is 9.96. The highest BCUT2D eigenvalue weighted by molar-refractivity contribution is 6.30. The van der Waals surface area contributed by atoms with Crippen LogP contribution in [-0.2, 0) is 22.6 Å². The van der Waals surface area contributed by atoms with E-state index in [1.165, 1.54) is 5.56 Å². The van der Waals surface area contributed by atoms with Crippen molar-refractivity contribution in [3.63, 3.8) is 0 Å². The quantitative estimate of drug-likeness (QED) is 0.540. The Balaban J connectivity index is 1.46. The molecule has 0 bridgehead atoms. The number of pyridine rings is 1. The van der Waals surface area contributed by atoms with Gasteiger partial charge >= 0.3 is 0 Å². The number of nitrogens with one attached hydrogen (secondary N) is 1. The summed E-state index contributed by atoms with van der Waals surface area (Å²) in [6, 6.07) is 12.1. The monoisotopic (exact) mass is 484 g/mol. The molecule has 1 aromatic carbocycles. The minimum atomic E-state index is -0.0339. The average Bonchev–Trinajstić information content (AvgIpc) is 2.84. The maximum absolute atomic E-state index is 12.6. The molecule has 7 heteroatoms. The number of hydrogen-bond donors (Lipinski definition) is 1. The van der Waals surface area contributed by atoms with E-state index in [2.05, 4.69) is 41.4 Å². The van der Waals surface area contributed by atoms with Crippen LogP contribution in [0, 0.1) is 0 Å². The largest absolute Gasteiger partial charge is 0.353 e. The first kappa shape index (κ1) is 26.2. The molecule has 1 N–H and O–H groups in total. The first-order valence-corrected chi connectivity index (χ1v) is 12.6. The summed E-state index contributed by atoms with van der Waals surface area (Å²) in [5.74, 6) is -0.0268. The molecule has 1 saturated carbocycles. The highest BCUT2D eigenvalue weighted by atomic mass is 35.5. The van der Waals surface area contributed by atoms with Gasteiger partial charge in [-0.05, 0) is 88.5 Å². The van der Waals surface area contributed by atoms with E-state index in [4.69, 9.17) is 11.6 Å². The second kappa shape index (κ2) is 12.3. The maximum atomic E-state index is 12.6. The van der Waals surface area contributed by atoms with Gasteiger partial charge in [-0.2, -0.15) is 0 Å². The summed E-state index contributed by atoms with van der Waals surface area (Å²) in [4.78, 5) is 33.4. The third kappa shape index (κ3) is 7.28. The summed E-state index contributed by atoms with van der Waals surface area (Å²) in [5, 5.41) is 3.93. The van der Waals surface area contributed by atoms with E-state index in [-0.39, 0.29) is 36.2 Å². The molecule has 0 radical (unpaired) electrons. The normalized spacial score (nSPS) is 20.2. The minimum absolute atomic E-state index is 0.00713. The highest BCUT2D eigenvalue weighted by Crippen LogP contribution is 2.35. The number of hydrogen-bond acceptors (Lipinski definition) is 4. The lowest BCUT2D eigenvalue weighted by Crippen LogP contribution is -2.52. The van der Waals surface area contributed by atoms with Crippen molar-refractivity contribution in [2.75, 3.05) is 20.6 Å². The van der Waals surface area contributed by atoms with E-state index in [9.17, 15) is 9.59 Å². The smallest absolute Gasteiger partial charge is 0.223 e. The number of amides is 2. The van der Waals surface area contributed by atoms with Crippen molar-refractivity contribution in [2.24, 2.45) is 0 Å². The van der Waals surface area contributed by atoms with E-state index in [0.717, 1.165) is 42.7 Å². The fourth-order valence-corrected chi connectivity index (χ4v) is 4.95. The number of aromatic nitrogens is 1. The third-order valence-corrected chi connectivity index (χ3v) is 7.35. The van der Waals surface area contributed by atoms with Gasteiger partial charge in [0.2, 0.25) is 11.8 Å². The van der Waals surface area contributed by atoms with Crippen LogP contribution in [-0.4, -0.2) is 58.8 Å². The van der Waals surface area contributed by atoms with Gasteiger partial charge in [-0.15, -0.1) is 0 Å². The van der Waals surface area contributed by atoms with Gasteiger partial charge in [0.15, 0.2) is 0 Å². The van der Waals surface area contributed by atoms with Crippen molar-refractivity contribution in [2.45, 2.75) is 70.0 Å². The van der Waals surface area contributed by atoms with E-state index < -0.39 is 0 Å². The number of carbonyl (C=O) groups excluding carboxylic acids is 2. The summed E-state index contributed by atoms with van der Waals surface area (Å²) < 4.78 is 0. The summed E-state index contributed by atoms with van der Waals surface area (Å²) in [6.07, 6.45) is 8.79. The molecule has 1 aliphatic carbocycles. The van der Waals surface area contributed by atoms with Crippen LogP contribution in [0.3, 0.4) is 0 Å². The number of likely N-dealkylation sites (N-methyl/N-ethyl adjacent to an activating group) is 1. The van der Waals surface area contributed by atoms with E-state index in [1.54, 1.807) is 17.3 Å². The van der Waals surface area contributed by atoms with Crippen molar-refractivity contribution in [3.05, 3.63) is 64.9 Å². The van der Waals surface area contributed by atoms with Crippen LogP contribution in [0.25, 0.3) is 0 Å². The lowest BCUT2D eigenvalue weighted by molar-refractivity contribution is -0.134. The molecule has 184 valence electrons. The first-order valence-electron chi connectivity index (χ1n) is 12.2. The van der Waals surface area contributed by atoms with Gasteiger partial charge in [0.1, 0.15) is 0 Å². The number of benzene rings is 1. The van der Waals surface area contributed by atoms with E-state index in [0.29, 0.717) is 13.1 Å². The Morgan fingerprint density at radius 3 is 2.26 bits per heavy atom. The van der Waals surface area contributed by atoms with Crippen LogP contribution in [0.15, 0.2) is 48.8 Å². The summed E-state index contributed by atoms with van der Waals surface area (Å²) >= 11 is 6.05. The molecule has 0 unspecified atom stereocenters. The van der Waals surface area contributed by atoms with Gasteiger partial charge in [-0.1, -0.05) is 23.7 Å². The number of carbonyl (C=O) groups is 2. The second-order valence-electron chi connectivity index (χ2n) is 9.53. The molecule has 0 atom stereocenters. The van der Waals surface area contributed by atoms with E-state index in [1.807, 2.05) is 31.2 Å². The predicted molar refractivity (Wildman–Crippen MR) is 137 cm³/mol. The lowest BCUT2D eigenvalue weighted by atomic mass is 9.75. The molecule has 34 heavy (non-hydrogen) atoms. The number of halogens is 1. The first-order chi connectivity index (χ1) is 16.3. The van der Waals surface area contributed by atoms with Gasteiger partial charge < -0.3 is 15.1 Å². The van der Waals surface area contributed by atoms with Crippen LogP contribution in [0.4, 0.5) is 0 Å². The molecule has 1 aromatic heterocycles. The summed E-state index contributed by atoms with van der Waals surface area (Å²) in [6.45, 7) is 3.12. The Hall–Kier alpha value is -2.44. The molecule has 2 amide bonds. The molecule has 0 aliphatic heterocycles. The molecular weight excluding hydrogens is 448 g/mol. The Bertz CT molecular complexity index is 925. The van der Waals surface area contributed by atoms with Gasteiger partial charge in [0.25, 0.3) is 0 Å². The molecule has 1 heterocycles. The molecule has 0 spiro atoms. The zero-order valence-electron chi connectivity index (χ0n) is 20.6. The van der Waals surface area contributed by atoms with Crippen LogP contribution in [0.5, 0.6) is 0 Å². The summed E-state index contributed by atoms with van der Waals surface area (Å²) in [5.41, 5.74) is 2.41. The van der Waals surface area contributed by atoms with Crippen LogP contribution >= 0.6 is 11.6 Å². The van der Waals surface area contributed by atoms with Crippen LogP contribution in [0.2, 0.25) is 5.02 Å². The minimum Gasteiger partial charge on any atom is -0.353 e. The van der Waals surface area contributed by atoms with Crippen molar-refractivity contribution in [1.82, 2.24) is 20.1 Å². The van der Waals surface area contributed by atoms with Gasteiger partial charge in [0.05, 0.1) is 0 Å². The number of rotatable bonds is 10. The third-order valence-electron chi connectivity index (χ3n) is 7.10. The molecule has 2 aromatic rings. The standard InChI is InChI=1S/C27H37ClN4O2/c1-4-32(20-22-13-17-29-18-14-22)26(34)10-9-25(33)30-24-11-15-27(16-12-24,31(2)3)19-21-5-7-23(28)8-6-21/h5-8,13-14,17-18,24H,4,9-12,15-16,19-20H2,1-3H3,(H,30,33). The topological polar surface area (TPSA) is 65.5 Å². The van der Waals surface area contributed by atoms with Gasteiger partial charge in [-0.25, -0.2) is 0 Å². The zero-order valence-corrected chi connectivity index (χ0v) is 21.4. The van der Waals surface area contributed by atoms with Gasteiger partial charge in [-0.3, -0.25) is 14.6 Å². The molecule has 1 aliphatic rings.